The molecule has 6 heteroatoms. The lowest BCUT2D eigenvalue weighted by Gasteiger charge is -2.36. The summed E-state index contributed by atoms with van der Waals surface area (Å²) >= 11 is 0. The number of aromatic amines is 1. The summed E-state index contributed by atoms with van der Waals surface area (Å²) in [7, 11) is 0. The molecule has 150 valence electrons. The Kier molecular flexibility index (Phi) is 5.95. The number of aromatic nitrogens is 2. The quantitative estimate of drug-likeness (QED) is 0.830. The van der Waals surface area contributed by atoms with Crippen LogP contribution in [0.25, 0.3) is 11.3 Å². The molecule has 2 aliphatic heterocycles. The summed E-state index contributed by atoms with van der Waals surface area (Å²) in [6.45, 7) is 6.85. The Morgan fingerprint density at radius 3 is 2.68 bits per heavy atom. The lowest BCUT2D eigenvalue weighted by Crippen LogP contribution is -2.46. The Morgan fingerprint density at radius 2 is 1.93 bits per heavy atom. The van der Waals surface area contributed by atoms with Crippen LogP contribution in [0.3, 0.4) is 0 Å². The van der Waals surface area contributed by atoms with Crippen molar-refractivity contribution in [3.63, 3.8) is 0 Å². The lowest BCUT2D eigenvalue weighted by atomic mass is 10.0. The topological polar surface area (TPSA) is 61.5 Å². The van der Waals surface area contributed by atoms with Crippen LogP contribution in [0.5, 0.6) is 5.75 Å². The highest BCUT2D eigenvalue weighted by Crippen LogP contribution is 2.29. The summed E-state index contributed by atoms with van der Waals surface area (Å²) < 4.78 is 5.83. The first kappa shape index (κ1) is 19.0. The van der Waals surface area contributed by atoms with E-state index in [1.54, 1.807) is 0 Å². The molecule has 0 aliphatic carbocycles. The van der Waals surface area contributed by atoms with Crippen LogP contribution in [-0.4, -0.2) is 64.7 Å². The summed E-state index contributed by atoms with van der Waals surface area (Å²) in [6, 6.07) is 10.3. The van der Waals surface area contributed by atoms with Gasteiger partial charge in [-0.1, -0.05) is 19.1 Å². The molecule has 0 spiro atoms. The smallest absolute Gasteiger partial charge is 0.271 e. The van der Waals surface area contributed by atoms with E-state index in [1.807, 2.05) is 35.2 Å². The molecule has 6 nitrogen and oxygen atoms in total. The fourth-order valence-corrected chi connectivity index (χ4v) is 4.30. The third-order valence-electron chi connectivity index (χ3n) is 5.84. The number of nitrogens with zero attached hydrogens (tertiary/aromatic N) is 3. The molecule has 2 saturated heterocycles. The van der Waals surface area contributed by atoms with Crippen molar-refractivity contribution in [1.82, 2.24) is 20.0 Å². The van der Waals surface area contributed by atoms with Crippen molar-refractivity contribution < 1.29 is 9.53 Å². The van der Waals surface area contributed by atoms with Crippen LogP contribution in [0.1, 0.15) is 49.5 Å². The van der Waals surface area contributed by atoms with Crippen molar-refractivity contribution in [2.24, 2.45) is 0 Å². The van der Waals surface area contributed by atoms with Crippen molar-refractivity contribution in [1.29, 1.82) is 0 Å². The van der Waals surface area contributed by atoms with Crippen LogP contribution in [0.2, 0.25) is 0 Å². The second-order valence-corrected chi connectivity index (χ2v) is 7.78. The molecule has 4 rings (SSSR count). The first-order chi connectivity index (χ1) is 13.8. The molecule has 0 radical (unpaired) electrons. The average molecular weight is 383 g/mol. The standard InChI is InChI=1S/C22H30N4O2/c1-2-15-28-21-8-4-3-7-18(21)19-16-20(24-23-19)22(27)26-13-9-17(10-14-26)25-11-5-6-12-25/h3-4,7-8,16-17H,2,5-6,9-15H2,1H3,(H,23,24). The molecule has 2 aromatic rings. The van der Waals surface area contributed by atoms with Gasteiger partial charge in [-0.15, -0.1) is 0 Å². The minimum Gasteiger partial charge on any atom is -0.493 e. The van der Waals surface area contributed by atoms with E-state index in [9.17, 15) is 4.79 Å². The predicted molar refractivity (Wildman–Crippen MR) is 110 cm³/mol. The van der Waals surface area contributed by atoms with Gasteiger partial charge < -0.3 is 14.5 Å². The van der Waals surface area contributed by atoms with Gasteiger partial charge in [0, 0.05) is 24.7 Å². The molecule has 0 atom stereocenters. The highest BCUT2D eigenvalue weighted by Gasteiger charge is 2.29. The fourth-order valence-electron chi connectivity index (χ4n) is 4.30. The van der Waals surface area contributed by atoms with Gasteiger partial charge in [0.25, 0.3) is 5.91 Å². The summed E-state index contributed by atoms with van der Waals surface area (Å²) in [5.41, 5.74) is 2.22. The number of nitrogens with one attached hydrogen (secondary N) is 1. The van der Waals surface area contributed by atoms with Crippen LogP contribution >= 0.6 is 0 Å². The minimum absolute atomic E-state index is 0.0468. The van der Waals surface area contributed by atoms with Crippen LogP contribution in [0, 0.1) is 0 Å². The molecule has 0 bridgehead atoms. The first-order valence-electron chi connectivity index (χ1n) is 10.6. The maximum absolute atomic E-state index is 12.9. The molecule has 3 heterocycles. The van der Waals surface area contributed by atoms with E-state index in [0.717, 1.165) is 49.4 Å². The molecule has 1 aromatic carbocycles. The number of para-hydroxylation sites is 1. The van der Waals surface area contributed by atoms with E-state index < -0.39 is 0 Å². The molecule has 2 fully saturated rings. The number of benzene rings is 1. The molecule has 1 amide bonds. The van der Waals surface area contributed by atoms with Crippen LogP contribution in [0.15, 0.2) is 30.3 Å². The number of carbonyl (C=O) groups excluding carboxylic acids is 1. The molecular formula is C22H30N4O2. The zero-order valence-electron chi connectivity index (χ0n) is 16.7. The van der Waals surface area contributed by atoms with Gasteiger partial charge in [-0.25, -0.2) is 0 Å². The Morgan fingerprint density at radius 1 is 1.18 bits per heavy atom. The lowest BCUT2D eigenvalue weighted by molar-refractivity contribution is 0.0639. The van der Waals surface area contributed by atoms with Gasteiger partial charge in [0.15, 0.2) is 0 Å². The Labute approximate surface area is 166 Å². The van der Waals surface area contributed by atoms with Gasteiger partial charge in [0.05, 0.1) is 12.3 Å². The van der Waals surface area contributed by atoms with E-state index in [1.165, 1.54) is 25.9 Å². The second-order valence-electron chi connectivity index (χ2n) is 7.78. The van der Waals surface area contributed by atoms with Crippen molar-refractivity contribution in [3.05, 3.63) is 36.0 Å². The van der Waals surface area contributed by atoms with E-state index in [0.29, 0.717) is 18.3 Å². The summed E-state index contributed by atoms with van der Waals surface area (Å²) in [5, 5.41) is 7.33. The fraction of sp³-hybridized carbons (Fsp3) is 0.545. The summed E-state index contributed by atoms with van der Waals surface area (Å²) in [6.07, 6.45) is 5.73. The summed E-state index contributed by atoms with van der Waals surface area (Å²) in [4.78, 5) is 17.5. The van der Waals surface area contributed by atoms with Gasteiger partial charge >= 0.3 is 0 Å². The largest absolute Gasteiger partial charge is 0.493 e. The average Bonchev–Trinajstić information content (AvgIpc) is 3.44. The summed E-state index contributed by atoms with van der Waals surface area (Å²) in [5.74, 6) is 0.854. The van der Waals surface area contributed by atoms with Crippen molar-refractivity contribution in [2.45, 2.75) is 45.1 Å². The van der Waals surface area contributed by atoms with Crippen molar-refractivity contribution in [3.8, 4) is 17.0 Å². The number of carbonyl (C=O) groups is 1. The predicted octanol–water partition coefficient (Wildman–Crippen LogP) is 3.57. The molecule has 1 N–H and O–H groups in total. The van der Waals surface area contributed by atoms with Gasteiger partial charge in [0.1, 0.15) is 11.4 Å². The molecule has 0 saturated carbocycles. The number of ether oxygens (including phenoxy) is 1. The number of amides is 1. The van der Waals surface area contributed by atoms with E-state index in [2.05, 4.69) is 22.0 Å². The van der Waals surface area contributed by atoms with Gasteiger partial charge in [0.2, 0.25) is 0 Å². The van der Waals surface area contributed by atoms with Crippen molar-refractivity contribution >= 4 is 5.91 Å². The number of hydrogen-bond donors (Lipinski definition) is 1. The Bertz CT molecular complexity index is 789. The van der Waals surface area contributed by atoms with Crippen LogP contribution < -0.4 is 4.74 Å². The highest BCUT2D eigenvalue weighted by molar-refractivity contribution is 5.93. The maximum atomic E-state index is 12.9. The third kappa shape index (κ3) is 4.07. The van der Waals surface area contributed by atoms with Gasteiger partial charge in [-0.3, -0.25) is 9.89 Å². The highest BCUT2D eigenvalue weighted by atomic mass is 16.5. The second kappa shape index (κ2) is 8.78. The number of rotatable bonds is 6. The Hall–Kier alpha value is -2.34. The molecule has 2 aliphatic rings. The van der Waals surface area contributed by atoms with Gasteiger partial charge in [-0.2, -0.15) is 5.10 Å². The molecule has 0 unspecified atom stereocenters. The minimum atomic E-state index is 0.0468. The van der Waals surface area contributed by atoms with Crippen LogP contribution in [-0.2, 0) is 0 Å². The van der Waals surface area contributed by atoms with E-state index in [-0.39, 0.29) is 5.91 Å². The van der Waals surface area contributed by atoms with Gasteiger partial charge in [-0.05, 0) is 63.4 Å². The normalized spacial score (nSPS) is 18.5. The van der Waals surface area contributed by atoms with Crippen molar-refractivity contribution in [2.75, 3.05) is 32.8 Å². The Balaban J connectivity index is 1.41. The number of piperidine rings is 1. The SMILES string of the molecule is CCCOc1ccccc1-c1cc(C(=O)N2CCC(N3CCCC3)CC2)[nH]n1. The zero-order valence-corrected chi connectivity index (χ0v) is 16.7. The van der Waals surface area contributed by atoms with Crippen LogP contribution in [0.4, 0.5) is 0 Å². The number of H-pyrrole nitrogens is 1. The number of hydrogen-bond acceptors (Lipinski definition) is 4. The maximum Gasteiger partial charge on any atom is 0.271 e. The number of likely N-dealkylation sites (tertiary alicyclic amines) is 2. The molecule has 1 aromatic heterocycles. The first-order valence-corrected chi connectivity index (χ1v) is 10.6. The molecular weight excluding hydrogens is 352 g/mol. The van der Waals surface area contributed by atoms with E-state index in [4.69, 9.17) is 4.74 Å². The zero-order chi connectivity index (χ0) is 19.3. The monoisotopic (exact) mass is 382 g/mol. The molecule has 28 heavy (non-hydrogen) atoms. The third-order valence-corrected chi connectivity index (χ3v) is 5.84. The van der Waals surface area contributed by atoms with E-state index >= 15 is 0 Å².